The Balaban J connectivity index is 0.00000182. The third-order valence-corrected chi connectivity index (χ3v) is 6.12. The van der Waals surface area contributed by atoms with E-state index in [1.807, 2.05) is 0 Å². The number of fused-ring (bicyclic) bond motifs is 3. The molecule has 0 amide bonds. The average molecular weight is 380 g/mol. The summed E-state index contributed by atoms with van der Waals surface area (Å²) in [5.74, 6) is 1.57. The van der Waals surface area contributed by atoms with Gasteiger partial charge in [-0.25, -0.2) is 8.42 Å². The Kier molecular flexibility index (Phi) is 4.77. The van der Waals surface area contributed by atoms with Crippen LogP contribution in [0.4, 0.5) is 0 Å². The molecule has 7 heteroatoms. The number of methoxy groups -OCH3 is 1. The summed E-state index contributed by atoms with van der Waals surface area (Å²) in [6, 6.07) is 11.5. The molecule has 0 saturated heterocycles. The molecule has 2 aromatic carbocycles. The third kappa shape index (κ3) is 3.01. The topological polar surface area (TPSA) is 68.5 Å². The van der Waals surface area contributed by atoms with Crippen molar-refractivity contribution in [3.8, 4) is 5.75 Å². The second kappa shape index (κ2) is 6.71. The number of rotatable bonds is 3. The maximum absolute atomic E-state index is 12.9. The van der Waals surface area contributed by atoms with Crippen LogP contribution in [0.25, 0.3) is 11.0 Å². The van der Waals surface area contributed by atoms with Crippen LogP contribution in [0.2, 0.25) is 0 Å². The first-order chi connectivity index (χ1) is 11.6. The van der Waals surface area contributed by atoms with Crippen LogP contribution in [-0.2, 0) is 22.8 Å². The highest BCUT2D eigenvalue weighted by Gasteiger charge is 2.22. The number of hydrogen-bond acceptors (Lipinski definition) is 5. The van der Waals surface area contributed by atoms with Crippen molar-refractivity contribution in [3.05, 3.63) is 53.8 Å². The number of hydrogen-bond donors (Lipinski definition) is 1. The fourth-order valence-electron chi connectivity index (χ4n) is 3.05. The van der Waals surface area contributed by atoms with Crippen molar-refractivity contribution >= 4 is 33.2 Å². The summed E-state index contributed by atoms with van der Waals surface area (Å²) < 4.78 is 36.7. The first-order valence-electron chi connectivity index (χ1n) is 7.74. The van der Waals surface area contributed by atoms with Gasteiger partial charge >= 0.3 is 0 Å². The molecule has 0 bridgehead atoms. The summed E-state index contributed by atoms with van der Waals surface area (Å²) in [5, 5.41) is 4.17. The van der Waals surface area contributed by atoms with Crippen LogP contribution >= 0.6 is 12.4 Å². The van der Waals surface area contributed by atoms with Gasteiger partial charge in [-0.05, 0) is 42.5 Å². The molecule has 1 aliphatic heterocycles. The van der Waals surface area contributed by atoms with E-state index < -0.39 is 9.84 Å². The minimum absolute atomic E-state index is 0. The zero-order valence-electron chi connectivity index (χ0n) is 13.6. The number of benzene rings is 2. The zero-order valence-corrected chi connectivity index (χ0v) is 15.2. The first-order valence-corrected chi connectivity index (χ1v) is 9.22. The molecule has 0 radical (unpaired) electrons. The van der Waals surface area contributed by atoms with Gasteiger partial charge in [-0.2, -0.15) is 0 Å². The molecule has 2 heterocycles. The van der Waals surface area contributed by atoms with Crippen LogP contribution in [-0.4, -0.2) is 22.1 Å². The number of furan rings is 1. The fourth-order valence-corrected chi connectivity index (χ4v) is 4.33. The van der Waals surface area contributed by atoms with Crippen LogP contribution < -0.4 is 10.1 Å². The molecule has 5 nitrogen and oxygen atoms in total. The number of halogens is 1. The summed E-state index contributed by atoms with van der Waals surface area (Å²) in [6.07, 6.45) is 0.824. The Morgan fingerprint density at radius 1 is 1.08 bits per heavy atom. The van der Waals surface area contributed by atoms with E-state index in [4.69, 9.17) is 9.15 Å². The highest BCUT2D eigenvalue weighted by Crippen LogP contribution is 2.32. The van der Waals surface area contributed by atoms with Gasteiger partial charge in [0.2, 0.25) is 9.84 Å². The molecular weight excluding hydrogens is 362 g/mol. The molecule has 1 aromatic heterocycles. The normalized spacial score (nSPS) is 14.0. The molecule has 0 unspecified atom stereocenters. The molecule has 0 fully saturated rings. The molecule has 0 aliphatic carbocycles. The van der Waals surface area contributed by atoms with Gasteiger partial charge in [0.25, 0.3) is 0 Å². The van der Waals surface area contributed by atoms with Crippen molar-refractivity contribution in [1.29, 1.82) is 0 Å². The van der Waals surface area contributed by atoms with Crippen molar-refractivity contribution in [2.45, 2.75) is 22.8 Å². The largest absolute Gasteiger partial charge is 0.497 e. The van der Waals surface area contributed by atoms with E-state index in [9.17, 15) is 8.42 Å². The van der Waals surface area contributed by atoms with E-state index in [0.717, 1.165) is 35.3 Å². The Morgan fingerprint density at radius 2 is 1.80 bits per heavy atom. The molecule has 1 aliphatic rings. The smallest absolute Gasteiger partial charge is 0.206 e. The van der Waals surface area contributed by atoms with Crippen molar-refractivity contribution in [3.63, 3.8) is 0 Å². The van der Waals surface area contributed by atoms with E-state index in [1.54, 1.807) is 49.6 Å². The maximum Gasteiger partial charge on any atom is 0.206 e. The van der Waals surface area contributed by atoms with Crippen LogP contribution in [0.3, 0.4) is 0 Å². The summed E-state index contributed by atoms with van der Waals surface area (Å²) in [6.45, 7) is 1.58. The van der Waals surface area contributed by atoms with Crippen LogP contribution in [0, 0.1) is 0 Å². The standard InChI is InChI=1S/C18H17NO4S.ClH/c1-22-12-2-4-13(5-3-12)24(20,21)14-6-7-17-15(10-14)16-11-19-9-8-18(16)23-17;/h2-7,10,19H,8-9,11H2,1H3;1H. The van der Waals surface area contributed by atoms with Crippen molar-refractivity contribution in [2.75, 3.05) is 13.7 Å². The van der Waals surface area contributed by atoms with Gasteiger partial charge in [0.05, 0.1) is 16.9 Å². The Labute approximate surface area is 152 Å². The van der Waals surface area contributed by atoms with Crippen molar-refractivity contribution < 1.29 is 17.6 Å². The van der Waals surface area contributed by atoms with E-state index in [0.29, 0.717) is 12.3 Å². The maximum atomic E-state index is 12.9. The molecule has 25 heavy (non-hydrogen) atoms. The second-order valence-electron chi connectivity index (χ2n) is 5.77. The van der Waals surface area contributed by atoms with Gasteiger partial charge in [0.15, 0.2) is 0 Å². The predicted molar refractivity (Wildman–Crippen MR) is 97.3 cm³/mol. The van der Waals surface area contributed by atoms with Crippen LogP contribution in [0.15, 0.2) is 56.7 Å². The van der Waals surface area contributed by atoms with Gasteiger partial charge in [0.1, 0.15) is 17.1 Å². The van der Waals surface area contributed by atoms with Crippen molar-refractivity contribution in [2.24, 2.45) is 0 Å². The summed E-state index contributed by atoms with van der Waals surface area (Å²) in [7, 11) is -2.03. The SMILES string of the molecule is COc1ccc(S(=O)(=O)c2ccc3oc4c(c3c2)CNCC4)cc1.Cl. The lowest BCUT2D eigenvalue weighted by Gasteiger charge is -2.11. The van der Waals surface area contributed by atoms with Gasteiger partial charge < -0.3 is 14.5 Å². The van der Waals surface area contributed by atoms with E-state index in [-0.39, 0.29) is 22.2 Å². The predicted octanol–water partition coefficient (Wildman–Crippen LogP) is 3.34. The van der Waals surface area contributed by atoms with E-state index in [2.05, 4.69) is 5.32 Å². The lowest BCUT2D eigenvalue weighted by molar-refractivity contribution is 0.414. The second-order valence-corrected chi connectivity index (χ2v) is 7.72. The number of sulfone groups is 1. The van der Waals surface area contributed by atoms with Crippen LogP contribution in [0.5, 0.6) is 5.75 Å². The zero-order chi connectivity index (χ0) is 16.7. The van der Waals surface area contributed by atoms with Gasteiger partial charge in [0, 0.05) is 30.5 Å². The minimum Gasteiger partial charge on any atom is -0.497 e. The Morgan fingerprint density at radius 3 is 2.52 bits per heavy atom. The molecule has 3 aromatic rings. The Hall–Kier alpha value is -2.02. The molecular formula is C18H18ClNO4S. The number of ether oxygens (including phenoxy) is 1. The van der Waals surface area contributed by atoms with Gasteiger partial charge in [-0.15, -0.1) is 12.4 Å². The Bertz CT molecular complexity index is 1010. The molecule has 0 saturated carbocycles. The highest BCUT2D eigenvalue weighted by atomic mass is 35.5. The van der Waals surface area contributed by atoms with E-state index >= 15 is 0 Å². The average Bonchev–Trinajstić information content (AvgIpc) is 2.99. The van der Waals surface area contributed by atoms with Crippen molar-refractivity contribution in [1.82, 2.24) is 5.32 Å². The van der Waals surface area contributed by atoms with Crippen LogP contribution in [0.1, 0.15) is 11.3 Å². The summed E-state index contributed by atoms with van der Waals surface area (Å²) >= 11 is 0. The summed E-state index contributed by atoms with van der Waals surface area (Å²) in [4.78, 5) is 0.521. The van der Waals surface area contributed by atoms with E-state index in [1.165, 1.54) is 0 Å². The lowest BCUT2D eigenvalue weighted by atomic mass is 10.1. The molecule has 132 valence electrons. The molecule has 0 spiro atoms. The molecule has 1 N–H and O–H groups in total. The number of nitrogens with one attached hydrogen (secondary N) is 1. The highest BCUT2D eigenvalue weighted by molar-refractivity contribution is 7.91. The first kappa shape index (κ1) is 17.8. The van der Waals surface area contributed by atoms with Gasteiger partial charge in [-0.3, -0.25) is 0 Å². The fraction of sp³-hybridized carbons (Fsp3) is 0.222. The minimum atomic E-state index is -3.58. The quantitative estimate of drug-likeness (QED) is 0.755. The monoisotopic (exact) mass is 379 g/mol. The van der Waals surface area contributed by atoms with Gasteiger partial charge in [-0.1, -0.05) is 0 Å². The molecule has 0 atom stereocenters. The third-order valence-electron chi connectivity index (χ3n) is 4.36. The summed E-state index contributed by atoms with van der Waals surface area (Å²) in [5.41, 5.74) is 1.79. The lowest BCUT2D eigenvalue weighted by Crippen LogP contribution is -2.22. The molecule has 4 rings (SSSR count).